The highest BCUT2D eigenvalue weighted by Gasteiger charge is 2.31. The zero-order chi connectivity index (χ0) is 17.1. The van der Waals surface area contributed by atoms with Crippen molar-refractivity contribution in [1.82, 2.24) is 4.90 Å². The normalized spacial score (nSPS) is 16.9. The number of carbonyl (C=O) groups is 1. The van der Waals surface area contributed by atoms with Gasteiger partial charge in [0.25, 0.3) is 5.69 Å². The average Bonchev–Trinajstić information content (AvgIpc) is 3.04. The summed E-state index contributed by atoms with van der Waals surface area (Å²) in [4.78, 5) is 24.7. The number of hydrogen-bond acceptors (Lipinski definition) is 4. The maximum absolute atomic E-state index is 12.6. The summed E-state index contributed by atoms with van der Waals surface area (Å²) in [5.41, 5.74) is 1.38. The maximum atomic E-state index is 12.6. The number of halogens is 1. The van der Waals surface area contributed by atoms with Crippen LogP contribution in [0, 0.1) is 10.1 Å². The van der Waals surface area contributed by atoms with Crippen molar-refractivity contribution >= 4 is 40.8 Å². The minimum Gasteiger partial charge on any atom is -0.308 e. The molecule has 8 heteroatoms. The number of amides is 2. The van der Waals surface area contributed by atoms with Crippen molar-refractivity contribution in [2.75, 3.05) is 17.6 Å². The highest BCUT2D eigenvalue weighted by atomic mass is 35.5. The number of benzene rings is 2. The van der Waals surface area contributed by atoms with E-state index in [1.807, 2.05) is 0 Å². The Morgan fingerprint density at radius 1 is 1.29 bits per heavy atom. The highest BCUT2D eigenvalue weighted by molar-refractivity contribution is 7.99. The summed E-state index contributed by atoms with van der Waals surface area (Å²) in [6.07, 6.45) is 0. The molecule has 1 atom stereocenters. The summed E-state index contributed by atoms with van der Waals surface area (Å²) in [5.74, 6) is 0.774. The summed E-state index contributed by atoms with van der Waals surface area (Å²) in [5, 5.41) is 14.1. The van der Waals surface area contributed by atoms with Crippen LogP contribution >= 0.6 is 23.4 Å². The van der Waals surface area contributed by atoms with E-state index < -0.39 is 4.92 Å². The highest BCUT2D eigenvalue weighted by Crippen LogP contribution is 2.39. The van der Waals surface area contributed by atoms with Crippen molar-refractivity contribution in [3.05, 3.63) is 69.2 Å². The lowest BCUT2D eigenvalue weighted by atomic mass is 10.2. The first-order valence-electron chi connectivity index (χ1n) is 7.24. The molecule has 0 spiro atoms. The largest absolute Gasteiger partial charge is 0.323 e. The Kier molecular flexibility index (Phi) is 4.92. The molecule has 1 saturated heterocycles. The van der Waals surface area contributed by atoms with Crippen molar-refractivity contribution in [2.45, 2.75) is 5.37 Å². The third kappa shape index (κ3) is 3.63. The summed E-state index contributed by atoms with van der Waals surface area (Å²) in [6, 6.07) is 13.1. The molecule has 2 aromatic carbocycles. The van der Waals surface area contributed by atoms with Crippen molar-refractivity contribution in [1.29, 1.82) is 0 Å². The molecule has 0 saturated carbocycles. The van der Waals surface area contributed by atoms with Crippen LogP contribution in [0.5, 0.6) is 0 Å². The van der Waals surface area contributed by atoms with Crippen molar-refractivity contribution < 1.29 is 9.72 Å². The van der Waals surface area contributed by atoms with Gasteiger partial charge in [-0.1, -0.05) is 29.8 Å². The fourth-order valence-electron chi connectivity index (χ4n) is 2.51. The van der Waals surface area contributed by atoms with Gasteiger partial charge >= 0.3 is 6.03 Å². The smallest absolute Gasteiger partial charge is 0.308 e. The minimum atomic E-state index is -0.431. The second kappa shape index (κ2) is 7.11. The first kappa shape index (κ1) is 16.6. The number of hydrogen-bond donors (Lipinski definition) is 1. The molecule has 2 amide bonds. The Morgan fingerprint density at radius 3 is 2.83 bits per heavy atom. The van der Waals surface area contributed by atoms with E-state index in [1.165, 1.54) is 12.1 Å². The van der Waals surface area contributed by atoms with Crippen LogP contribution < -0.4 is 5.32 Å². The van der Waals surface area contributed by atoms with Crippen LogP contribution in [0.1, 0.15) is 10.9 Å². The quantitative estimate of drug-likeness (QED) is 0.642. The van der Waals surface area contributed by atoms with Gasteiger partial charge in [-0.2, -0.15) is 0 Å². The molecule has 2 aromatic rings. The van der Waals surface area contributed by atoms with Gasteiger partial charge in [0.2, 0.25) is 0 Å². The van der Waals surface area contributed by atoms with Crippen LogP contribution in [-0.4, -0.2) is 28.2 Å². The van der Waals surface area contributed by atoms with Crippen molar-refractivity contribution in [3.63, 3.8) is 0 Å². The topological polar surface area (TPSA) is 75.5 Å². The Bertz CT molecular complexity index is 787. The van der Waals surface area contributed by atoms with Gasteiger partial charge in [0.15, 0.2) is 0 Å². The van der Waals surface area contributed by atoms with Crippen LogP contribution in [0.3, 0.4) is 0 Å². The van der Waals surface area contributed by atoms with Crippen LogP contribution in [0.2, 0.25) is 5.02 Å². The second-order valence-electron chi connectivity index (χ2n) is 5.21. The van der Waals surface area contributed by atoms with Gasteiger partial charge in [0.1, 0.15) is 5.37 Å². The van der Waals surface area contributed by atoms with Crippen LogP contribution in [-0.2, 0) is 0 Å². The molecule has 1 heterocycles. The lowest BCUT2D eigenvalue weighted by molar-refractivity contribution is -0.384. The van der Waals surface area contributed by atoms with E-state index >= 15 is 0 Å². The molecule has 124 valence electrons. The molecule has 24 heavy (non-hydrogen) atoms. The minimum absolute atomic E-state index is 0.0233. The number of nitro benzene ring substituents is 1. The van der Waals surface area contributed by atoms with E-state index in [1.54, 1.807) is 53.1 Å². The van der Waals surface area contributed by atoms with Gasteiger partial charge in [0, 0.05) is 35.1 Å². The van der Waals surface area contributed by atoms with Gasteiger partial charge in [-0.15, -0.1) is 11.8 Å². The lowest BCUT2D eigenvalue weighted by Crippen LogP contribution is -2.34. The Labute approximate surface area is 147 Å². The van der Waals surface area contributed by atoms with E-state index in [0.29, 0.717) is 17.3 Å². The van der Waals surface area contributed by atoms with E-state index in [9.17, 15) is 14.9 Å². The standard InChI is InChI=1S/C16H14ClN3O3S/c17-12-4-2-5-13(10-12)18-16(21)19-7-8-24-15(19)11-3-1-6-14(9-11)20(22)23/h1-6,9-10,15H,7-8H2,(H,18,21)/t15-/m1/s1. The van der Waals surface area contributed by atoms with Crippen LogP contribution in [0.25, 0.3) is 0 Å². The van der Waals surface area contributed by atoms with Gasteiger partial charge < -0.3 is 10.2 Å². The van der Waals surface area contributed by atoms with Crippen molar-refractivity contribution in [2.24, 2.45) is 0 Å². The summed E-state index contributed by atoms with van der Waals surface area (Å²) in [6.45, 7) is 0.574. The molecule has 1 fully saturated rings. The molecule has 1 aliphatic rings. The first-order chi connectivity index (χ1) is 11.5. The molecule has 0 radical (unpaired) electrons. The third-order valence-electron chi connectivity index (χ3n) is 3.59. The van der Waals surface area contributed by atoms with Crippen LogP contribution in [0.15, 0.2) is 48.5 Å². The predicted octanol–water partition coefficient (Wildman–Crippen LogP) is 4.53. The Morgan fingerprint density at radius 2 is 2.08 bits per heavy atom. The van der Waals surface area contributed by atoms with E-state index in [4.69, 9.17) is 11.6 Å². The lowest BCUT2D eigenvalue weighted by Gasteiger charge is -2.24. The van der Waals surface area contributed by atoms with E-state index in [-0.39, 0.29) is 17.1 Å². The Hall–Kier alpha value is -2.25. The molecule has 1 N–H and O–H groups in total. The fraction of sp³-hybridized carbons (Fsp3) is 0.188. The molecule has 0 bridgehead atoms. The maximum Gasteiger partial charge on any atom is 0.323 e. The zero-order valence-electron chi connectivity index (χ0n) is 12.5. The van der Waals surface area contributed by atoms with Gasteiger partial charge in [-0.05, 0) is 23.8 Å². The van der Waals surface area contributed by atoms with Gasteiger partial charge in [0.05, 0.1) is 4.92 Å². The number of nitrogens with one attached hydrogen (secondary N) is 1. The number of carbonyl (C=O) groups excluding carboxylic acids is 1. The summed E-state index contributed by atoms with van der Waals surface area (Å²) < 4.78 is 0. The Balaban J connectivity index is 1.79. The van der Waals surface area contributed by atoms with E-state index in [2.05, 4.69) is 5.32 Å². The number of urea groups is 1. The van der Waals surface area contributed by atoms with Crippen LogP contribution in [0.4, 0.5) is 16.2 Å². The van der Waals surface area contributed by atoms with Crippen molar-refractivity contribution in [3.8, 4) is 0 Å². The summed E-state index contributed by atoms with van der Waals surface area (Å²) >= 11 is 7.51. The first-order valence-corrected chi connectivity index (χ1v) is 8.66. The number of nitro groups is 1. The molecule has 0 unspecified atom stereocenters. The number of non-ortho nitro benzene ring substituents is 1. The molecular weight excluding hydrogens is 350 g/mol. The van der Waals surface area contributed by atoms with Gasteiger partial charge in [-0.3, -0.25) is 10.1 Å². The van der Waals surface area contributed by atoms with E-state index in [0.717, 1.165) is 11.3 Å². The molecule has 0 aliphatic carbocycles. The zero-order valence-corrected chi connectivity index (χ0v) is 14.1. The fourth-order valence-corrected chi connectivity index (χ4v) is 3.94. The number of anilines is 1. The number of nitrogens with zero attached hydrogens (tertiary/aromatic N) is 2. The molecule has 0 aromatic heterocycles. The summed E-state index contributed by atoms with van der Waals surface area (Å²) in [7, 11) is 0. The second-order valence-corrected chi connectivity index (χ2v) is 6.83. The third-order valence-corrected chi connectivity index (χ3v) is 5.09. The van der Waals surface area contributed by atoms with Gasteiger partial charge in [-0.25, -0.2) is 4.79 Å². The average molecular weight is 364 g/mol. The number of thioether (sulfide) groups is 1. The monoisotopic (exact) mass is 363 g/mol. The molecule has 3 rings (SSSR count). The predicted molar refractivity (Wildman–Crippen MR) is 95.5 cm³/mol. The molecule has 1 aliphatic heterocycles. The number of rotatable bonds is 3. The SMILES string of the molecule is O=C(Nc1cccc(Cl)c1)N1CCS[C@@H]1c1cccc([N+](=O)[O-])c1. The molecule has 6 nitrogen and oxygen atoms in total. The molecular formula is C16H14ClN3O3S.